The van der Waals surface area contributed by atoms with Gasteiger partial charge < -0.3 is 4.90 Å². The Morgan fingerprint density at radius 3 is 2.43 bits per heavy atom. The number of pyridine rings is 1. The number of rotatable bonds is 7. The maximum Gasteiger partial charge on any atom is 0.0575 e. The quantitative estimate of drug-likeness (QED) is 0.723. The van der Waals surface area contributed by atoms with Gasteiger partial charge in [-0.2, -0.15) is 0 Å². The molecule has 2 heterocycles. The number of benzene rings is 1. The molecule has 0 unspecified atom stereocenters. The summed E-state index contributed by atoms with van der Waals surface area (Å²) in [7, 11) is 4.44. The van der Waals surface area contributed by atoms with E-state index >= 15 is 0 Å². The maximum absolute atomic E-state index is 4.60. The normalized spacial score (nSPS) is 17.2. The summed E-state index contributed by atoms with van der Waals surface area (Å²) in [6.07, 6.45) is 2.96. The third-order valence-electron chi connectivity index (χ3n) is 6.12. The van der Waals surface area contributed by atoms with Crippen LogP contribution in [-0.4, -0.2) is 60.0 Å². The molecule has 1 aromatic heterocycles. The first-order chi connectivity index (χ1) is 13.5. The molecule has 28 heavy (non-hydrogen) atoms. The molecule has 1 saturated heterocycles. The van der Waals surface area contributed by atoms with E-state index in [1.807, 2.05) is 12.3 Å². The lowest BCUT2D eigenvalue weighted by molar-refractivity contribution is 0.148. The third kappa shape index (κ3) is 5.19. The van der Waals surface area contributed by atoms with Crippen molar-refractivity contribution in [2.24, 2.45) is 0 Å². The summed E-state index contributed by atoms with van der Waals surface area (Å²) in [6.45, 7) is 13.5. The number of hydrogen-bond acceptors (Lipinski definition) is 4. The lowest BCUT2D eigenvalue weighted by Crippen LogP contribution is -2.44. The summed E-state index contributed by atoms with van der Waals surface area (Å²) in [5, 5.41) is 0. The van der Waals surface area contributed by atoms with Crippen LogP contribution in [0.2, 0.25) is 0 Å². The van der Waals surface area contributed by atoms with Gasteiger partial charge in [0.25, 0.3) is 0 Å². The molecule has 1 atom stereocenters. The molecule has 1 aliphatic heterocycles. The standard InChI is InChI=1S/C24H36N4/c1-6-24(23-9-7-8-10-25-23)27(5)17-21-15-19(2)16-22(20(21)3)18-28-13-11-26(4)12-14-28/h7-10,15-16,24H,6,11-14,17-18H2,1-5H3/t24-/m1/s1. The van der Waals surface area contributed by atoms with Gasteiger partial charge in [0.05, 0.1) is 11.7 Å². The van der Waals surface area contributed by atoms with Gasteiger partial charge in [0, 0.05) is 45.5 Å². The third-order valence-corrected chi connectivity index (χ3v) is 6.12. The fourth-order valence-corrected chi connectivity index (χ4v) is 4.29. The van der Waals surface area contributed by atoms with E-state index in [2.05, 4.69) is 78.8 Å². The van der Waals surface area contributed by atoms with Crippen molar-refractivity contribution >= 4 is 0 Å². The highest BCUT2D eigenvalue weighted by atomic mass is 15.2. The highest BCUT2D eigenvalue weighted by Crippen LogP contribution is 2.26. The minimum absolute atomic E-state index is 0.349. The topological polar surface area (TPSA) is 22.6 Å². The number of nitrogens with zero attached hydrogens (tertiary/aromatic N) is 4. The van der Waals surface area contributed by atoms with Crippen LogP contribution in [0.1, 0.15) is 47.3 Å². The minimum atomic E-state index is 0.349. The van der Waals surface area contributed by atoms with Crippen molar-refractivity contribution in [1.82, 2.24) is 19.7 Å². The van der Waals surface area contributed by atoms with Crippen LogP contribution in [0.5, 0.6) is 0 Å². The van der Waals surface area contributed by atoms with Gasteiger partial charge in [-0.1, -0.05) is 30.7 Å². The Labute approximate surface area is 171 Å². The Hall–Kier alpha value is -1.75. The van der Waals surface area contributed by atoms with Crippen LogP contribution in [0, 0.1) is 13.8 Å². The summed E-state index contributed by atoms with van der Waals surface area (Å²) in [5.41, 5.74) is 6.91. The lowest BCUT2D eigenvalue weighted by atomic mass is 9.97. The molecule has 0 aliphatic carbocycles. The van der Waals surface area contributed by atoms with Crippen molar-refractivity contribution in [3.8, 4) is 0 Å². The monoisotopic (exact) mass is 380 g/mol. The van der Waals surface area contributed by atoms with Crippen LogP contribution >= 0.6 is 0 Å². The lowest BCUT2D eigenvalue weighted by Gasteiger charge is -2.33. The Bertz CT molecular complexity index is 751. The second-order valence-electron chi connectivity index (χ2n) is 8.38. The van der Waals surface area contributed by atoms with Crippen molar-refractivity contribution in [2.75, 3.05) is 40.3 Å². The summed E-state index contributed by atoms with van der Waals surface area (Å²) in [5.74, 6) is 0. The molecular formula is C24H36N4. The number of hydrogen-bond donors (Lipinski definition) is 0. The molecule has 4 heteroatoms. The van der Waals surface area contributed by atoms with Crippen LogP contribution < -0.4 is 0 Å². The second kappa shape index (κ2) is 9.64. The van der Waals surface area contributed by atoms with Crippen molar-refractivity contribution in [1.29, 1.82) is 0 Å². The zero-order chi connectivity index (χ0) is 20.1. The van der Waals surface area contributed by atoms with E-state index in [0.717, 1.165) is 38.3 Å². The summed E-state index contributed by atoms with van der Waals surface area (Å²) in [6, 6.07) is 11.3. The molecule has 0 amide bonds. The first-order valence-corrected chi connectivity index (χ1v) is 10.6. The molecule has 1 aliphatic rings. The molecule has 1 aromatic carbocycles. The van der Waals surface area contributed by atoms with Crippen LogP contribution in [0.3, 0.4) is 0 Å². The van der Waals surface area contributed by atoms with Gasteiger partial charge in [0.15, 0.2) is 0 Å². The SMILES string of the molecule is CC[C@H](c1ccccn1)N(C)Cc1cc(C)cc(CN2CCN(C)CC2)c1C. The van der Waals surface area contributed by atoms with Crippen LogP contribution in [0.25, 0.3) is 0 Å². The molecule has 0 N–H and O–H groups in total. The fourth-order valence-electron chi connectivity index (χ4n) is 4.29. The number of piperazine rings is 1. The van der Waals surface area contributed by atoms with E-state index < -0.39 is 0 Å². The van der Waals surface area contributed by atoms with Crippen LogP contribution in [0.15, 0.2) is 36.5 Å². The maximum atomic E-state index is 4.60. The molecule has 2 aromatic rings. The van der Waals surface area contributed by atoms with E-state index in [-0.39, 0.29) is 0 Å². The van der Waals surface area contributed by atoms with Crippen molar-refractivity contribution in [2.45, 2.75) is 46.3 Å². The number of aromatic nitrogens is 1. The Morgan fingerprint density at radius 1 is 1.07 bits per heavy atom. The summed E-state index contributed by atoms with van der Waals surface area (Å²) < 4.78 is 0. The molecule has 0 saturated carbocycles. The molecule has 0 spiro atoms. The average Bonchev–Trinajstić information content (AvgIpc) is 2.68. The van der Waals surface area contributed by atoms with E-state index in [1.54, 1.807) is 0 Å². The zero-order valence-corrected chi connectivity index (χ0v) is 18.3. The summed E-state index contributed by atoms with van der Waals surface area (Å²) in [4.78, 5) is 12.1. The first-order valence-electron chi connectivity index (χ1n) is 10.6. The van der Waals surface area contributed by atoms with Gasteiger partial charge in [-0.15, -0.1) is 0 Å². The summed E-state index contributed by atoms with van der Waals surface area (Å²) >= 11 is 0. The van der Waals surface area contributed by atoms with Crippen molar-refractivity contribution in [3.63, 3.8) is 0 Å². The highest BCUT2D eigenvalue weighted by molar-refractivity contribution is 5.38. The van der Waals surface area contributed by atoms with Crippen LogP contribution in [0.4, 0.5) is 0 Å². The van der Waals surface area contributed by atoms with Gasteiger partial charge in [-0.05, 0) is 63.2 Å². The largest absolute Gasteiger partial charge is 0.304 e. The Balaban J connectivity index is 1.75. The van der Waals surface area contributed by atoms with Gasteiger partial charge in [-0.25, -0.2) is 0 Å². The van der Waals surface area contributed by atoms with E-state index in [9.17, 15) is 0 Å². The molecule has 152 valence electrons. The highest BCUT2D eigenvalue weighted by Gasteiger charge is 2.19. The van der Waals surface area contributed by atoms with Gasteiger partial charge in [0.2, 0.25) is 0 Å². The number of likely N-dealkylation sites (N-methyl/N-ethyl adjacent to an activating group) is 1. The van der Waals surface area contributed by atoms with Gasteiger partial charge >= 0.3 is 0 Å². The van der Waals surface area contributed by atoms with Crippen molar-refractivity contribution in [3.05, 3.63) is 64.5 Å². The molecule has 4 nitrogen and oxygen atoms in total. The van der Waals surface area contributed by atoms with E-state index in [1.165, 1.54) is 35.3 Å². The molecule has 3 rings (SSSR count). The smallest absolute Gasteiger partial charge is 0.0575 e. The Morgan fingerprint density at radius 2 is 1.79 bits per heavy atom. The minimum Gasteiger partial charge on any atom is -0.304 e. The molecular weight excluding hydrogens is 344 g/mol. The van der Waals surface area contributed by atoms with Crippen molar-refractivity contribution < 1.29 is 0 Å². The van der Waals surface area contributed by atoms with E-state index in [0.29, 0.717) is 6.04 Å². The molecule has 0 radical (unpaired) electrons. The second-order valence-corrected chi connectivity index (χ2v) is 8.38. The molecule has 1 fully saturated rings. The zero-order valence-electron chi connectivity index (χ0n) is 18.3. The first kappa shape index (κ1) is 21.0. The predicted octanol–water partition coefficient (Wildman–Crippen LogP) is 4.03. The Kier molecular flexibility index (Phi) is 7.22. The van der Waals surface area contributed by atoms with Gasteiger partial charge in [-0.3, -0.25) is 14.8 Å². The molecule has 0 bridgehead atoms. The fraction of sp³-hybridized carbons (Fsp3) is 0.542. The number of aryl methyl sites for hydroxylation is 1. The van der Waals surface area contributed by atoms with Crippen LogP contribution in [-0.2, 0) is 13.1 Å². The van der Waals surface area contributed by atoms with E-state index in [4.69, 9.17) is 0 Å². The predicted molar refractivity (Wildman–Crippen MR) is 117 cm³/mol. The average molecular weight is 381 g/mol. The van der Waals surface area contributed by atoms with Gasteiger partial charge in [0.1, 0.15) is 0 Å².